The van der Waals surface area contributed by atoms with Crippen molar-refractivity contribution in [2.24, 2.45) is 11.8 Å². The SMILES string of the molecule is C=C[C@@H]1CCC(C=O)[C@](NC(C)=O)(C(=O)NCCCC)C1. The molecule has 118 valence electrons. The third-order valence-electron chi connectivity index (χ3n) is 4.18. The van der Waals surface area contributed by atoms with Crippen LogP contribution in [0.1, 0.15) is 46.0 Å². The van der Waals surface area contributed by atoms with Crippen LogP contribution in [0, 0.1) is 11.8 Å². The van der Waals surface area contributed by atoms with Crippen molar-refractivity contribution >= 4 is 18.1 Å². The molecule has 1 rings (SSSR count). The number of nitrogens with one attached hydrogen (secondary N) is 2. The van der Waals surface area contributed by atoms with E-state index in [0.29, 0.717) is 19.4 Å². The Bertz CT molecular complexity index is 408. The highest BCUT2D eigenvalue weighted by Crippen LogP contribution is 2.37. The van der Waals surface area contributed by atoms with Gasteiger partial charge in [0.05, 0.1) is 0 Å². The molecule has 0 saturated heterocycles. The maximum atomic E-state index is 12.6. The quantitative estimate of drug-likeness (QED) is 0.425. The first-order valence-electron chi connectivity index (χ1n) is 7.65. The van der Waals surface area contributed by atoms with Gasteiger partial charge < -0.3 is 15.4 Å². The third kappa shape index (κ3) is 4.16. The van der Waals surface area contributed by atoms with Gasteiger partial charge in [-0.05, 0) is 31.6 Å². The average Bonchev–Trinajstić information content (AvgIpc) is 2.46. The van der Waals surface area contributed by atoms with Crippen molar-refractivity contribution in [3.8, 4) is 0 Å². The molecule has 1 saturated carbocycles. The lowest BCUT2D eigenvalue weighted by Crippen LogP contribution is -2.65. The summed E-state index contributed by atoms with van der Waals surface area (Å²) in [5, 5.41) is 5.62. The molecule has 5 heteroatoms. The number of hydrogen-bond donors (Lipinski definition) is 2. The maximum absolute atomic E-state index is 12.6. The Kier molecular flexibility index (Phi) is 6.59. The Morgan fingerprint density at radius 3 is 2.62 bits per heavy atom. The molecule has 1 aliphatic rings. The van der Waals surface area contributed by atoms with Crippen molar-refractivity contribution in [2.75, 3.05) is 6.54 Å². The fourth-order valence-electron chi connectivity index (χ4n) is 3.00. The summed E-state index contributed by atoms with van der Waals surface area (Å²) in [6.07, 6.45) is 6.28. The van der Waals surface area contributed by atoms with Crippen molar-refractivity contribution in [3.05, 3.63) is 12.7 Å². The summed E-state index contributed by atoms with van der Waals surface area (Å²) in [6, 6.07) is 0. The van der Waals surface area contributed by atoms with Crippen molar-refractivity contribution in [1.29, 1.82) is 0 Å². The molecule has 0 radical (unpaired) electrons. The van der Waals surface area contributed by atoms with Crippen LogP contribution < -0.4 is 10.6 Å². The smallest absolute Gasteiger partial charge is 0.246 e. The van der Waals surface area contributed by atoms with Crippen LogP contribution >= 0.6 is 0 Å². The fraction of sp³-hybridized carbons (Fsp3) is 0.688. The molecule has 0 bridgehead atoms. The molecule has 0 aromatic heterocycles. The number of amides is 2. The number of hydrogen-bond acceptors (Lipinski definition) is 3. The van der Waals surface area contributed by atoms with Crippen LogP contribution in [-0.4, -0.2) is 30.2 Å². The third-order valence-corrected chi connectivity index (χ3v) is 4.18. The van der Waals surface area contributed by atoms with Gasteiger partial charge in [0.1, 0.15) is 11.8 Å². The summed E-state index contributed by atoms with van der Waals surface area (Å²) in [6.45, 7) is 7.75. The first kappa shape index (κ1) is 17.4. The minimum atomic E-state index is -1.14. The van der Waals surface area contributed by atoms with Gasteiger partial charge in [0.15, 0.2) is 0 Å². The average molecular weight is 294 g/mol. The van der Waals surface area contributed by atoms with E-state index in [0.717, 1.165) is 25.5 Å². The molecular weight excluding hydrogens is 268 g/mol. The first-order valence-corrected chi connectivity index (χ1v) is 7.65. The molecule has 0 heterocycles. The number of aldehydes is 1. The van der Waals surface area contributed by atoms with Crippen LogP contribution in [0.2, 0.25) is 0 Å². The largest absolute Gasteiger partial charge is 0.354 e. The van der Waals surface area contributed by atoms with Gasteiger partial charge in [0, 0.05) is 19.4 Å². The minimum absolute atomic E-state index is 0.130. The normalized spacial score (nSPS) is 28.5. The van der Waals surface area contributed by atoms with E-state index < -0.39 is 11.5 Å². The van der Waals surface area contributed by atoms with Crippen LogP contribution in [0.3, 0.4) is 0 Å². The van der Waals surface area contributed by atoms with E-state index in [-0.39, 0.29) is 17.7 Å². The van der Waals surface area contributed by atoms with Gasteiger partial charge in [-0.2, -0.15) is 0 Å². The lowest BCUT2D eigenvalue weighted by Gasteiger charge is -2.43. The fourth-order valence-corrected chi connectivity index (χ4v) is 3.00. The molecule has 3 atom stereocenters. The number of carbonyl (C=O) groups excluding carboxylic acids is 3. The standard InChI is InChI=1S/C16H26N2O3/c1-4-6-9-17-15(21)16(18-12(3)20)10-13(5-2)7-8-14(16)11-19/h5,11,13-14H,2,4,6-10H2,1,3H3,(H,17,21)(H,18,20)/t13-,14?,16+/m1/s1. The van der Waals surface area contributed by atoms with Gasteiger partial charge in [0.2, 0.25) is 11.8 Å². The molecule has 2 amide bonds. The highest BCUT2D eigenvalue weighted by Gasteiger charge is 2.49. The summed E-state index contributed by atoms with van der Waals surface area (Å²) in [5.74, 6) is -0.906. The van der Waals surface area contributed by atoms with Gasteiger partial charge >= 0.3 is 0 Å². The molecule has 1 fully saturated rings. The second-order valence-electron chi connectivity index (χ2n) is 5.78. The van der Waals surface area contributed by atoms with Crippen LogP contribution in [0.5, 0.6) is 0 Å². The maximum Gasteiger partial charge on any atom is 0.246 e. The topological polar surface area (TPSA) is 75.3 Å². The lowest BCUT2D eigenvalue weighted by molar-refractivity contribution is -0.140. The molecule has 0 spiro atoms. The molecule has 1 aliphatic carbocycles. The molecule has 5 nitrogen and oxygen atoms in total. The Morgan fingerprint density at radius 2 is 2.10 bits per heavy atom. The summed E-state index contributed by atoms with van der Waals surface area (Å²) in [5.41, 5.74) is -1.14. The van der Waals surface area contributed by atoms with E-state index in [1.165, 1.54) is 6.92 Å². The lowest BCUT2D eigenvalue weighted by atomic mass is 9.68. The first-order chi connectivity index (χ1) is 10.00. The summed E-state index contributed by atoms with van der Waals surface area (Å²) < 4.78 is 0. The Hall–Kier alpha value is -1.65. The van der Waals surface area contributed by atoms with Gasteiger partial charge in [-0.25, -0.2) is 0 Å². The van der Waals surface area contributed by atoms with Gasteiger partial charge in [-0.3, -0.25) is 9.59 Å². The van der Waals surface area contributed by atoms with E-state index >= 15 is 0 Å². The Labute approximate surface area is 126 Å². The number of unbranched alkanes of at least 4 members (excludes halogenated alkanes) is 1. The van der Waals surface area contributed by atoms with Gasteiger partial charge in [-0.1, -0.05) is 19.4 Å². The highest BCUT2D eigenvalue weighted by atomic mass is 16.2. The van der Waals surface area contributed by atoms with Crippen LogP contribution in [-0.2, 0) is 14.4 Å². The molecule has 21 heavy (non-hydrogen) atoms. The van der Waals surface area contributed by atoms with E-state index in [4.69, 9.17) is 0 Å². The zero-order chi connectivity index (χ0) is 15.9. The molecule has 0 aliphatic heterocycles. The molecule has 1 unspecified atom stereocenters. The second-order valence-corrected chi connectivity index (χ2v) is 5.78. The predicted molar refractivity (Wildman–Crippen MR) is 81.6 cm³/mol. The molecule has 2 N–H and O–H groups in total. The van der Waals surface area contributed by atoms with Crippen LogP contribution in [0.25, 0.3) is 0 Å². The summed E-state index contributed by atoms with van der Waals surface area (Å²) >= 11 is 0. The number of allylic oxidation sites excluding steroid dienone is 1. The summed E-state index contributed by atoms with van der Waals surface area (Å²) in [7, 11) is 0. The second kappa shape index (κ2) is 7.96. The van der Waals surface area contributed by atoms with E-state index in [9.17, 15) is 14.4 Å². The number of carbonyl (C=O) groups is 3. The van der Waals surface area contributed by atoms with Crippen molar-refractivity contribution in [1.82, 2.24) is 10.6 Å². The summed E-state index contributed by atoms with van der Waals surface area (Å²) in [4.78, 5) is 35.6. The highest BCUT2D eigenvalue weighted by molar-refractivity contribution is 5.94. The van der Waals surface area contributed by atoms with E-state index in [1.807, 2.05) is 6.92 Å². The molecule has 0 aromatic rings. The molecular formula is C16H26N2O3. The Morgan fingerprint density at radius 1 is 1.38 bits per heavy atom. The Balaban J connectivity index is 3.02. The number of rotatable bonds is 7. The minimum Gasteiger partial charge on any atom is -0.354 e. The van der Waals surface area contributed by atoms with Crippen molar-refractivity contribution in [3.63, 3.8) is 0 Å². The van der Waals surface area contributed by atoms with Gasteiger partial charge in [0.25, 0.3) is 0 Å². The van der Waals surface area contributed by atoms with E-state index in [1.54, 1.807) is 6.08 Å². The van der Waals surface area contributed by atoms with Crippen molar-refractivity contribution in [2.45, 2.75) is 51.5 Å². The van der Waals surface area contributed by atoms with E-state index in [2.05, 4.69) is 17.2 Å². The van der Waals surface area contributed by atoms with Crippen molar-refractivity contribution < 1.29 is 14.4 Å². The van der Waals surface area contributed by atoms with Crippen LogP contribution in [0.4, 0.5) is 0 Å². The monoisotopic (exact) mass is 294 g/mol. The zero-order valence-electron chi connectivity index (χ0n) is 13.0. The van der Waals surface area contributed by atoms with Crippen LogP contribution in [0.15, 0.2) is 12.7 Å². The predicted octanol–water partition coefficient (Wildman–Crippen LogP) is 1.58. The molecule has 0 aromatic carbocycles. The zero-order valence-corrected chi connectivity index (χ0v) is 13.0. The van der Waals surface area contributed by atoms with Gasteiger partial charge in [-0.15, -0.1) is 6.58 Å².